The van der Waals surface area contributed by atoms with Crippen LogP contribution in [-0.4, -0.2) is 40.2 Å². The number of rotatable bonds is 4. The number of aromatic nitrogens is 2. The van der Waals surface area contributed by atoms with Gasteiger partial charge in [-0.05, 0) is 45.4 Å². The van der Waals surface area contributed by atoms with Crippen molar-refractivity contribution in [3.05, 3.63) is 47.3 Å². The molecule has 1 aromatic heterocycles. The van der Waals surface area contributed by atoms with E-state index in [1.807, 2.05) is 53.9 Å². The highest BCUT2D eigenvalue weighted by Crippen LogP contribution is 2.20. The molecule has 0 spiro atoms. The van der Waals surface area contributed by atoms with Crippen molar-refractivity contribution in [2.75, 3.05) is 13.6 Å². The predicted molar refractivity (Wildman–Crippen MR) is 90.5 cm³/mol. The third kappa shape index (κ3) is 3.15. The average molecular weight is 312 g/mol. The van der Waals surface area contributed by atoms with Crippen LogP contribution in [0.3, 0.4) is 0 Å². The molecule has 5 nitrogen and oxygen atoms in total. The molecule has 0 radical (unpaired) electrons. The van der Waals surface area contributed by atoms with Crippen LogP contribution in [0.4, 0.5) is 0 Å². The Balaban J connectivity index is 1.80. The van der Waals surface area contributed by atoms with Gasteiger partial charge in [0, 0.05) is 24.8 Å². The molecule has 0 aliphatic carbocycles. The van der Waals surface area contributed by atoms with Gasteiger partial charge in [-0.2, -0.15) is 5.10 Å². The Morgan fingerprint density at radius 1 is 1.35 bits per heavy atom. The van der Waals surface area contributed by atoms with Gasteiger partial charge in [0.05, 0.1) is 17.4 Å². The van der Waals surface area contributed by atoms with Crippen molar-refractivity contribution < 1.29 is 4.79 Å². The molecule has 5 heteroatoms. The second kappa shape index (κ2) is 6.54. The molecule has 1 unspecified atom stereocenters. The summed E-state index contributed by atoms with van der Waals surface area (Å²) in [6.45, 7) is 5.61. The lowest BCUT2D eigenvalue weighted by atomic mass is 10.1. The summed E-state index contributed by atoms with van der Waals surface area (Å²) >= 11 is 0. The molecule has 2 aromatic rings. The molecule has 122 valence electrons. The Hall–Kier alpha value is -2.14. The lowest BCUT2D eigenvalue weighted by molar-refractivity contribution is -0.132. The number of carbonyl (C=O) groups excluding carboxylic acids is 1. The number of aryl methyl sites for hydroxylation is 1. The summed E-state index contributed by atoms with van der Waals surface area (Å²) in [5.41, 5.74) is 4.24. The fourth-order valence-electron chi connectivity index (χ4n) is 3.20. The molecule has 0 saturated carbocycles. The van der Waals surface area contributed by atoms with Gasteiger partial charge >= 0.3 is 0 Å². The molecule has 1 N–H and O–H groups in total. The largest absolute Gasteiger partial charge is 0.340 e. The number of hydrogen-bond acceptors (Lipinski definition) is 3. The minimum absolute atomic E-state index is 0.0234. The molecule has 1 aliphatic heterocycles. The van der Waals surface area contributed by atoms with Crippen LogP contribution in [0.25, 0.3) is 5.69 Å². The van der Waals surface area contributed by atoms with E-state index in [1.165, 1.54) is 0 Å². The van der Waals surface area contributed by atoms with Crippen molar-refractivity contribution in [2.24, 2.45) is 0 Å². The molecule has 1 atom stereocenters. The van der Waals surface area contributed by atoms with Gasteiger partial charge in [-0.3, -0.25) is 4.79 Å². The van der Waals surface area contributed by atoms with Crippen molar-refractivity contribution in [2.45, 2.75) is 39.3 Å². The maximum Gasteiger partial charge on any atom is 0.239 e. The lowest BCUT2D eigenvalue weighted by Crippen LogP contribution is -2.41. The summed E-state index contributed by atoms with van der Waals surface area (Å²) in [4.78, 5) is 14.3. The molecule has 0 bridgehead atoms. The first-order valence-corrected chi connectivity index (χ1v) is 8.17. The smallest absolute Gasteiger partial charge is 0.239 e. The maximum absolute atomic E-state index is 12.5. The Labute approximate surface area is 137 Å². The number of carbonyl (C=O) groups is 1. The van der Waals surface area contributed by atoms with Crippen molar-refractivity contribution in [3.8, 4) is 5.69 Å². The molecule has 2 heterocycles. The van der Waals surface area contributed by atoms with Gasteiger partial charge in [0.1, 0.15) is 0 Å². The van der Waals surface area contributed by atoms with Gasteiger partial charge < -0.3 is 10.2 Å². The van der Waals surface area contributed by atoms with Crippen LogP contribution >= 0.6 is 0 Å². The van der Waals surface area contributed by atoms with Crippen molar-refractivity contribution in [1.82, 2.24) is 20.0 Å². The summed E-state index contributed by atoms with van der Waals surface area (Å²) < 4.78 is 1.96. The Morgan fingerprint density at radius 3 is 2.74 bits per heavy atom. The summed E-state index contributed by atoms with van der Waals surface area (Å²) in [6, 6.07) is 10.1. The zero-order chi connectivity index (χ0) is 16.4. The van der Waals surface area contributed by atoms with E-state index in [0.717, 1.165) is 42.0 Å². The second-order valence-electron chi connectivity index (χ2n) is 6.24. The summed E-state index contributed by atoms with van der Waals surface area (Å²) in [5.74, 6) is 0.175. The van der Waals surface area contributed by atoms with Gasteiger partial charge in [-0.1, -0.05) is 18.2 Å². The summed E-state index contributed by atoms with van der Waals surface area (Å²) in [5, 5.41) is 7.92. The molecule has 23 heavy (non-hydrogen) atoms. The van der Waals surface area contributed by atoms with Crippen molar-refractivity contribution in [1.29, 1.82) is 0 Å². The zero-order valence-electron chi connectivity index (χ0n) is 14.0. The quantitative estimate of drug-likeness (QED) is 0.941. The van der Waals surface area contributed by atoms with E-state index in [1.54, 1.807) is 0 Å². The molecule has 3 rings (SSSR count). The molecule has 1 aliphatic rings. The predicted octanol–water partition coefficient (Wildman–Crippen LogP) is 2.20. The van der Waals surface area contributed by atoms with Crippen LogP contribution in [0.2, 0.25) is 0 Å². The maximum atomic E-state index is 12.5. The minimum Gasteiger partial charge on any atom is -0.340 e. The molecule has 1 amide bonds. The van der Waals surface area contributed by atoms with E-state index in [9.17, 15) is 4.79 Å². The normalized spacial score (nSPS) is 17.4. The number of para-hydroxylation sites is 1. The summed E-state index contributed by atoms with van der Waals surface area (Å²) in [6.07, 6.45) is 2.01. The van der Waals surface area contributed by atoms with Gasteiger partial charge in [-0.25, -0.2) is 4.68 Å². The highest BCUT2D eigenvalue weighted by molar-refractivity contribution is 5.82. The van der Waals surface area contributed by atoms with Crippen LogP contribution in [-0.2, 0) is 11.3 Å². The first-order chi connectivity index (χ1) is 11.1. The van der Waals surface area contributed by atoms with E-state index in [0.29, 0.717) is 6.54 Å². The third-order valence-corrected chi connectivity index (χ3v) is 4.57. The fourth-order valence-corrected chi connectivity index (χ4v) is 3.20. The Morgan fingerprint density at radius 2 is 2.09 bits per heavy atom. The first kappa shape index (κ1) is 15.7. The SMILES string of the molecule is Cc1nn(-c2ccccc2)c(C)c1CN(C)C(=O)C1CCCN1. The molecular formula is C18H24N4O. The van der Waals surface area contributed by atoms with Crippen LogP contribution < -0.4 is 5.32 Å². The third-order valence-electron chi connectivity index (χ3n) is 4.57. The van der Waals surface area contributed by atoms with Gasteiger partial charge in [-0.15, -0.1) is 0 Å². The zero-order valence-corrected chi connectivity index (χ0v) is 14.0. The average Bonchev–Trinajstić information content (AvgIpc) is 3.19. The van der Waals surface area contributed by atoms with Crippen LogP contribution in [0, 0.1) is 13.8 Å². The number of nitrogens with zero attached hydrogens (tertiary/aromatic N) is 3. The summed E-state index contributed by atoms with van der Waals surface area (Å²) in [7, 11) is 1.88. The molecular weight excluding hydrogens is 288 g/mol. The number of amides is 1. The van der Waals surface area contributed by atoms with Gasteiger partial charge in [0.25, 0.3) is 0 Å². The highest BCUT2D eigenvalue weighted by Gasteiger charge is 2.26. The molecule has 1 fully saturated rings. The second-order valence-corrected chi connectivity index (χ2v) is 6.24. The monoisotopic (exact) mass is 312 g/mol. The first-order valence-electron chi connectivity index (χ1n) is 8.17. The van der Waals surface area contributed by atoms with E-state index < -0.39 is 0 Å². The lowest BCUT2D eigenvalue weighted by Gasteiger charge is -2.21. The van der Waals surface area contributed by atoms with E-state index in [-0.39, 0.29) is 11.9 Å². The van der Waals surface area contributed by atoms with Gasteiger partial charge in [0.2, 0.25) is 5.91 Å². The van der Waals surface area contributed by atoms with Crippen molar-refractivity contribution >= 4 is 5.91 Å². The fraction of sp³-hybridized carbons (Fsp3) is 0.444. The topological polar surface area (TPSA) is 50.2 Å². The van der Waals surface area contributed by atoms with Crippen LogP contribution in [0.1, 0.15) is 29.8 Å². The number of benzene rings is 1. The number of hydrogen-bond donors (Lipinski definition) is 1. The Bertz CT molecular complexity index is 687. The van der Waals surface area contributed by atoms with E-state index in [2.05, 4.69) is 17.3 Å². The minimum atomic E-state index is -0.0234. The van der Waals surface area contributed by atoms with E-state index >= 15 is 0 Å². The Kier molecular flexibility index (Phi) is 4.48. The standard InChI is InChI=1S/C18H24N4O/c1-13-16(12-21(3)18(23)17-10-7-11-19-17)14(2)22(20-13)15-8-5-4-6-9-15/h4-6,8-9,17,19H,7,10-12H2,1-3H3. The highest BCUT2D eigenvalue weighted by atomic mass is 16.2. The number of likely N-dealkylation sites (N-methyl/N-ethyl adjacent to an activating group) is 1. The number of nitrogens with one attached hydrogen (secondary N) is 1. The van der Waals surface area contributed by atoms with Crippen LogP contribution in [0.15, 0.2) is 30.3 Å². The van der Waals surface area contributed by atoms with Crippen LogP contribution in [0.5, 0.6) is 0 Å². The van der Waals surface area contributed by atoms with E-state index in [4.69, 9.17) is 0 Å². The van der Waals surface area contributed by atoms with Gasteiger partial charge in [0.15, 0.2) is 0 Å². The molecule has 1 aromatic carbocycles. The van der Waals surface area contributed by atoms with Crippen molar-refractivity contribution in [3.63, 3.8) is 0 Å². The molecule has 1 saturated heterocycles.